The van der Waals surface area contributed by atoms with Crippen LogP contribution in [0.1, 0.15) is 25.3 Å². The fourth-order valence-corrected chi connectivity index (χ4v) is 10.1. The molecule has 4 aromatic carbocycles. The number of para-hydroxylation sites is 1. The minimum atomic E-state index is -1.63. The molecule has 5 aromatic rings. The molecule has 6 rings (SSSR count). The van der Waals surface area contributed by atoms with Crippen LogP contribution in [0.15, 0.2) is 143 Å². The van der Waals surface area contributed by atoms with Gasteiger partial charge in [0.05, 0.1) is 6.04 Å². The van der Waals surface area contributed by atoms with Gasteiger partial charge in [0.25, 0.3) is 5.69 Å². The average Bonchev–Trinajstić information content (AvgIpc) is 3.29. The molecular weight excluding hydrogens is 531 g/mol. The molecular formula is C32H29GeN3O2-. The van der Waals surface area contributed by atoms with Gasteiger partial charge in [-0.15, -0.1) is 0 Å². The van der Waals surface area contributed by atoms with Crippen molar-refractivity contribution in [3.8, 4) is 5.69 Å². The van der Waals surface area contributed by atoms with Crippen molar-refractivity contribution in [3.63, 3.8) is 0 Å². The standard InChI is InChI=1S/C18H15Ge.C14H15N3O2/c1-4-10-16(11-5-1)19(17-12-6-2-7-13-17)18-14-8-3-9-15-18;18-13-15-17(12-9-5-2-6-10-12)14(19)16(13)11-7-3-1-4-8-11/h1-15H;1,3-5,7-9,12H,2,6,10H2,(H,15,18)/p-1. The fourth-order valence-electron chi connectivity index (χ4n) is 4.69. The van der Waals surface area contributed by atoms with Crippen molar-refractivity contribution >= 4 is 27.5 Å². The molecule has 0 N–H and O–H groups in total. The summed E-state index contributed by atoms with van der Waals surface area (Å²) in [7, 11) is 0. The van der Waals surface area contributed by atoms with Gasteiger partial charge in [0.15, 0.2) is 5.69 Å². The van der Waals surface area contributed by atoms with Crippen molar-refractivity contribution in [1.82, 2.24) is 14.3 Å². The summed E-state index contributed by atoms with van der Waals surface area (Å²) in [5.41, 5.74) is -0.327. The summed E-state index contributed by atoms with van der Waals surface area (Å²) in [6.07, 6.45) is 6.87. The molecule has 0 saturated heterocycles. The van der Waals surface area contributed by atoms with E-state index in [9.17, 15) is 9.59 Å². The Morgan fingerprint density at radius 3 is 1.58 bits per heavy atom. The maximum absolute atomic E-state index is 12.3. The predicted octanol–water partition coefficient (Wildman–Crippen LogP) is 3.44. The number of hydrogen-bond acceptors (Lipinski definition) is 2. The Morgan fingerprint density at radius 1 is 0.658 bits per heavy atom. The SMILES string of the molecule is O=c1[n-]n(C2C=CCCC2)c(=O)n1-c1ccccc1.c1cc[c]([Ge]([c]2ccccc2)[c]2ccccc2)cc1. The molecule has 0 aliphatic heterocycles. The molecule has 1 heterocycles. The number of nitrogens with zero attached hydrogens (tertiary/aromatic N) is 3. The summed E-state index contributed by atoms with van der Waals surface area (Å²) in [5.74, 6) is 0. The van der Waals surface area contributed by atoms with Crippen LogP contribution >= 0.6 is 0 Å². The van der Waals surface area contributed by atoms with Crippen LogP contribution < -0.4 is 29.7 Å². The van der Waals surface area contributed by atoms with E-state index in [1.807, 2.05) is 18.2 Å². The normalized spacial score (nSPS) is 14.6. The third kappa shape index (κ3) is 5.89. The van der Waals surface area contributed by atoms with E-state index < -0.39 is 20.0 Å². The van der Waals surface area contributed by atoms with E-state index in [2.05, 4.69) is 96.1 Å². The van der Waals surface area contributed by atoms with Crippen LogP contribution in [0.5, 0.6) is 0 Å². The maximum atomic E-state index is 12.3. The molecule has 1 unspecified atom stereocenters. The summed E-state index contributed by atoms with van der Waals surface area (Å²) in [5, 5.41) is 3.87. The third-order valence-electron chi connectivity index (χ3n) is 6.52. The van der Waals surface area contributed by atoms with Crippen molar-refractivity contribution in [1.29, 1.82) is 0 Å². The number of allylic oxidation sites excluding steroid dienone is 2. The van der Waals surface area contributed by atoms with Crippen LogP contribution in [-0.2, 0) is 0 Å². The second-order valence-corrected chi connectivity index (χ2v) is 14.3. The molecule has 0 fully saturated rings. The zero-order chi connectivity index (χ0) is 26.2. The van der Waals surface area contributed by atoms with Crippen molar-refractivity contribution in [3.05, 3.63) is 154 Å². The first-order chi connectivity index (χ1) is 18.7. The van der Waals surface area contributed by atoms with Crippen LogP contribution in [0.25, 0.3) is 5.69 Å². The molecule has 0 bridgehead atoms. The zero-order valence-corrected chi connectivity index (χ0v) is 23.2. The molecule has 0 saturated carbocycles. The number of aromatic nitrogens is 3. The molecule has 1 aromatic heterocycles. The van der Waals surface area contributed by atoms with E-state index >= 15 is 0 Å². The van der Waals surface area contributed by atoms with E-state index in [0.29, 0.717) is 5.69 Å². The van der Waals surface area contributed by atoms with E-state index in [-0.39, 0.29) is 11.7 Å². The second kappa shape index (κ2) is 12.4. The Kier molecular flexibility index (Phi) is 8.36. The van der Waals surface area contributed by atoms with Crippen LogP contribution in [0.2, 0.25) is 0 Å². The summed E-state index contributed by atoms with van der Waals surface area (Å²) < 4.78 is 6.91. The van der Waals surface area contributed by atoms with E-state index in [1.54, 1.807) is 24.3 Å². The van der Waals surface area contributed by atoms with Crippen molar-refractivity contribution in [2.75, 3.05) is 0 Å². The van der Waals surface area contributed by atoms with Gasteiger partial charge in [-0.25, -0.2) is 0 Å². The quantitative estimate of drug-likeness (QED) is 0.245. The topological polar surface area (TPSA) is 58.1 Å². The molecule has 1 aliphatic rings. The van der Waals surface area contributed by atoms with Gasteiger partial charge in [-0.05, 0) is 24.9 Å². The molecule has 6 heteroatoms. The molecule has 5 nitrogen and oxygen atoms in total. The first-order valence-corrected chi connectivity index (χ1v) is 16.0. The van der Waals surface area contributed by atoms with Gasteiger partial charge in [-0.1, -0.05) is 42.5 Å². The van der Waals surface area contributed by atoms with Gasteiger partial charge in [-0.3, -0.25) is 9.59 Å². The number of hydrogen-bond donors (Lipinski definition) is 0. The molecule has 0 amide bonds. The number of rotatable bonds is 5. The Balaban J connectivity index is 0.000000155. The minimum absolute atomic E-state index is 0.0982. The predicted molar refractivity (Wildman–Crippen MR) is 156 cm³/mol. The second-order valence-electron chi connectivity index (χ2n) is 9.08. The Labute approximate surface area is 226 Å². The molecule has 1 atom stereocenters. The Bertz CT molecular complexity index is 1480. The van der Waals surface area contributed by atoms with Gasteiger partial charge in [0.1, 0.15) is 0 Å². The van der Waals surface area contributed by atoms with E-state index in [0.717, 1.165) is 23.8 Å². The molecule has 1 aliphatic carbocycles. The summed E-state index contributed by atoms with van der Waals surface area (Å²) >= 11 is -1.63. The van der Waals surface area contributed by atoms with Gasteiger partial charge in [0, 0.05) is 0 Å². The van der Waals surface area contributed by atoms with Gasteiger partial charge in [-0.2, -0.15) is 0 Å². The average molecular weight is 560 g/mol. The van der Waals surface area contributed by atoms with Crippen LogP contribution in [0, 0.1) is 0 Å². The monoisotopic (exact) mass is 561 g/mol. The van der Waals surface area contributed by atoms with Gasteiger partial charge in [0.2, 0.25) is 0 Å². The van der Waals surface area contributed by atoms with E-state index in [1.165, 1.54) is 17.9 Å². The first kappa shape index (κ1) is 25.5. The van der Waals surface area contributed by atoms with Gasteiger partial charge >= 0.3 is 119 Å². The van der Waals surface area contributed by atoms with Crippen LogP contribution in [0.3, 0.4) is 0 Å². The van der Waals surface area contributed by atoms with Crippen molar-refractivity contribution in [2.24, 2.45) is 0 Å². The van der Waals surface area contributed by atoms with Crippen molar-refractivity contribution in [2.45, 2.75) is 25.3 Å². The van der Waals surface area contributed by atoms with Crippen LogP contribution in [-0.4, -0.2) is 23.6 Å². The molecule has 0 spiro atoms. The Morgan fingerprint density at radius 2 is 1.13 bits per heavy atom. The fraction of sp³-hybridized carbons (Fsp3) is 0.125. The summed E-state index contributed by atoms with van der Waals surface area (Å²) in [6.45, 7) is 0. The van der Waals surface area contributed by atoms with E-state index in [4.69, 9.17) is 0 Å². The first-order valence-electron chi connectivity index (χ1n) is 12.9. The van der Waals surface area contributed by atoms with Crippen LogP contribution in [0.4, 0.5) is 0 Å². The summed E-state index contributed by atoms with van der Waals surface area (Å²) in [4.78, 5) is 24.2. The molecule has 189 valence electrons. The molecule has 1 radical (unpaired) electrons. The molecule has 38 heavy (non-hydrogen) atoms. The number of benzene rings is 4. The summed E-state index contributed by atoms with van der Waals surface area (Å²) in [6, 6.07) is 41.6. The zero-order valence-electron chi connectivity index (χ0n) is 21.1. The Hall–Kier alpha value is -4.10. The van der Waals surface area contributed by atoms with Crippen molar-refractivity contribution < 1.29 is 0 Å². The van der Waals surface area contributed by atoms with Gasteiger partial charge < -0.3 is 14.3 Å². The third-order valence-corrected chi connectivity index (χ3v) is 12.2.